The number of aliphatic hydroxyl groups is 16. The van der Waals surface area contributed by atoms with Crippen LogP contribution >= 0.6 is 0 Å². The summed E-state index contributed by atoms with van der Waals surface area (Å²) in [5.41, 5.74) is 0. The number of hydrogen-bond acceptors (Lipinski definition) is 30. The van der Waals surface area contributed by atoms with Crippen molar-refractivity contribution in [2.24, 2.45) is 41.4 Å². The zero-order valence-corrected chi connectivity index (χ0v) is 50.2. The minimum atomic E-state index is -0.857. The Hall–Kier alpha value is -1.20. The summed E-state index contributed by atoms with van der Waals surface area (Å²) >= 11 is 0. The van der Waals surface area contributed by atoms with Gasteiger partial charge in [-0.15, -0.1) is 0 Å². The highest BCUT2D eigenvalue weighted by Crippen LogP contribution is 2.19. The van der Waals surface area contributed by atoms with E-state index in [0.717, 1.165) is 0 Å². The second-order valence-corrected chi connectivity index (χ2v) is 21.2. The number of rotatable bonds is 67. The molecule has 0 saturated carbocycles. The lowest BCUT2D eigenvalue weighted by atomic mass is 9.98. The third-order valence-electron chi connectivity index (χ3n) is 13.3. The lowest BCUT2D eigenvalue weighted by Crippen LogP contribution is -2.34. The van der Waals surface area contributed by atoms with Gasteiger partial charge in [-0.2, -0.15) is 0 Å². The third kappa shape index (κ3) is 44.0. The Kier molecular flexibility index (Phi) is 58.3. The first-order valence-electron chi connectivity index (χ1n) is 29.6. The average molecular weight is 1250 g/mol. The fraction of sp³-hybridized carbons (Fsp3) is 1.00. The molecule has 0 heterocycles. The molecule has 0 aromatic carbocycles. The maximum Gasteiger partial charge on any atom is 0.104 e. The van der Waals surface area contributed by atoms with Crippen molar-refractivity contribution in [1.82, 2.24) is 5.32 Å². The van der Waals surface area contributed by atoms with Gasteiger partial charge in [-0.25, -0.2) is 0 Å². The molecule has 17 N–H and O–H groups in total. The third-order valence-corrected chi connectivity index (χ3v) is 13.3. The van der Waals surface area contributed by atoms with Crippen LogP contribution in [0.5, 0.6) is 0 Å². The fourth-order valence-corrected chi connectivity index (χ4v) is 7.82. The number of unbranched alkanes of at least 4 members (excludes halogenated alkanes) is 1. The monoisotopic (exact) mass is 1250 g/mol. The molecule has 30 nitrogen and oxygen atoms in total. The first-order chi connectivity index (χ1) is 41.4. The number of hydrogen-bond donors (Lipinski definition) is 17. The van der Waals surface area contributed by atoms with E-state index in [2.05, 4.69) is 5.32 Å². The van der Waals surface area contributed by atoms with E-state index in [0.29, 0.717) is 32.2 Å². The van der Waals surface area contributed by atoms with Gasteiger partial charge < -0.3 is 149 Å². The molecule has 0 fully saturated rings. The first kappa shape index (κ1) is 83.8. The molecular weight excluding hydrogens is 1140 g/mol. The van der Waals surface area contributed by atoms with Gasteiger partial charge in [-0.05, 0) is 19.9 Å². The highest BCUT2D eigenvalue weighted by Gasteiger charge is 2.24. The van der Waals surface area contributed by atoms with Crippen LogP contribution in [0, 0.1) is 41.4 Å². The average Bonchev–Trinajstić information content (AvgIpc) is 3.52. The van der Waals surface area contributed by atoms with E-state index in [4.69, 9.17) is 61.6 Å². The van der Waals surface area contributed by atoms with Gasteiger partial charge >= 0.3 is 0 Å². The molecule has 0 spiro atoms. The van der Waals surface area contributed by atoms with Crippen molar-refractivity contribution in [2.45, 2.75) is 74.5 Å². The molecule has 85 heavy (non-hydrogen) atoms. The molecular formula is C55H113NO29. The van der Waals surface area contributed by atoms with Crippen LogP contribution < -0.4 is 5.32 Å². The second kappa shape index (κ2) is 59.1. The van der Waals surface area contributed by atoms with E-state index < -0.39 is 152 Å². The zero-order chi connectivity index (χ0) is 63.1. The Labute approximate surface area is 501 Å². The molecule has 2 atom stereocenters. The van der Waals surface area contributed by atoms with Crippen molar-refractivity contribution < 1.29 is 143 Å². The topological polar surface area (TPSA) is 456 Å². The summed E-state index contributed by atoms with van der Waals surface area (Å²) in [6.07, 6.45) is -4.03. The van der Waals surface area contributed by atoms with Crippen LogP contribution in [0.1, 0.15) is 25.7 Å². The molecule has 0 bridgehead atoms. The van der Waals surface area contributed by atoms with Gasteiger partial charge in [0.05, 0.1) is 225 Å². The molecule has 512 valence electrons. The maximum atomic E-state index is 9.60. The smallest absolute Gasteiger partial charge is 0.104 e. The summed E-state index contributed by atoms with van der Waals surface area (Å²) in [6.45, 7) is -4.27. The highest BCUT2D eigenvalue weighted by molar-refractivity contribution is 4.71. The molecule has 0 aliphatic carbocycles. The van der Waals surface area contributed by atoms with Crippen molar-refractivity contribution in [3.8, 4) is 0 Å². The van der Waals surface area contributed by atoms with E-state index in [1.54, 1.807) is 7.05 Å². The van der Waals surface area contributed by atoms with Gasteiger partial charge in [0.15, 0.2) is 0 Å². The van der Waals surface area contributed by atoms with Crippen molar-refractivity contribution in [3.05, 3.63) is 0 Å². The standard InChI is InChI=1S/C55H113NO29/c1-56-6-43(26-75-27-44(28-76-31-46(37-82-52(15-65)16-66)38-83-53(17-67)18-68)29-77-32-47(39-84-54(19-69)20-70)40-85-55(21-71)22-72)25-73-23-41(24-74-30-45(35-80-50(11-61)12-62)36-81-51(13-63)14-64)4-2-3-5-42(33-78-48(7-57)8-58)34-79-49(9-59)10-60/h41-72H,2-40H2,1H3. The van der Waals surface area contributed by atoms with Gasteiger partial charge in [-0.1, -0.05) is 12.8 Å². The largest absolute Gasteiger partial charge is 0.394 e. The molecule has 0 radical (unpaired) electrons. The Balaban J connectivity index is 6.43. The number of nitrogens with one attached hydrogen (secondary N) is 1. The lowest BCUT2D eigenvalue weighted by molar-refractivity contribution is -0.0969. The summed E-state index contributed by atoms with van der Waals surface area (Å²) in [6, 6.07) is 0. The Morgan fingerprint density at radius 3 is 0.553 bits per heavy atom. The molecule has 0 rings (SSSR count). The van der Waals surface area contributed by atoms with Gasteiger partial charge in [-0.3, -0.25) is 0 Å². The molecule has 0 aromatic heterocycles. The van der Waals surface area contributed by atoms with Gasteiger partial charge in [0.2, 0.25) is 0 Å². The van der Waals surface area contributed by atoms with Gasteiger partial charge in [0.25, 0.3) is 0 Å². The van der Waals surface area contributed by atoms with Crippen LogP contribution in [0.25, 0.3) is 0 Å². The Bertz CT molecular complexity index is 1240. The van der Waals surface area contributed by atoms with Gasteiger partial charge in [0.1, 0.15) is 48.8 Å². The second-order valence-electron chi connectivity index (χ2n) is 21.2. The quantitative estimate of drug-likeness (QED) is 0.0252. The SMILES string of the molecule is CNCC(COCC(CCCCC(COC(CO)CO)COC(CO)CO)COCC(COC(CO)CO)COC(CO)CO)COCC(COCC(COC(CO)CO)COC(CO)CO)COCC(COC(CO)CO)COC(CO)CO. The summed E-state index contributed by atoms with van der Waals surface area (Å²) in [5, 5.41) is 157. The molecule has 0 aliphatic heterocycles. The predicted molar refractivity (Wildman–Crippen MR) is 302 cm³/mol. The van der Waals surface area contributed by atoms with Crippen LogP contribution in [0.2, 0.25) is 0 Å². The van der Waals surface area contributed by atoms with Crippen LogP contribution in [0.3, 0.4) is 0 Å². The van der Waals surface area contributed by atoms with Crippen molar-refractivity contribution >= 4 is 0 Å². The van der Waals surface area contributed by atoms with E-state index in [1.807, 2.05) is 0 Å². The molecule has 30 heteroatoms. The number of ether oxygens (including phenoxy) is 13. The maximum absolute atomic E-state index is 9.60. The summed E-state index contributed by atoms with van der Waals surface area (Å²) in [5.74, 6) is -2.26. The Morgan fingerprint density at radius 1 is 0.212 bits per heavy atom. The lowest BCUT2D eigenvalue weighted by Gasteiger charge is -2.26. The summed E-state index contributed by atoms with van der Waals surface area (Å²) < 4.78 is 76.7. The predicted octanol–water partition coefficient (Wildman–Crippen LogP) is -6.88. The first-order valence-corrected chi connectivity index (χ1v) is 29.6. The van der Waals surface area contributed by atoms with Crippen LogP contribution in [0.15, 0.2) is 0 Å². The molecule has 0 aliphatic rings. The van der Waals surface area contributed by atoms with Crippen molar-refractivity contribution in [3.63, 3.8) is 0 Å². The van der Waals surface area contributed by atoms with E-state index in [9.17, 15) is 81.7 Å². The number of aliphatic hydroxyl groups excluding tert-OH is 16. The van der Waals surface area contributed by atoms with Crippen LogP contribution in [-0.2, 0) is 61.6 Å². The van der Waals surface area contributed by atoms with Gasteiger partial charge in [0, 0.05) is 48.0 Å². The Morgan fingerprint density at radius 2 is 0.365 bits per heavy atom. The zero-order valence-electron chi connectivity index (χ0n) is 50.2. The highest BCUT2D eigenvalue weighted by atomic mass is 16.6. The van der Waals surface area contributed by atoms with Crippen LogP contribution in [0.4, 0.5) is 0 Å². The fourth-order valence-electron chi connectivity index (χ4n) is 7.82. The van der Waals surface area contributed by atoms with E-state index in [-0.39, 0.29) is 163 Å². The molecule has 0 aromatic rings. The summed E-state index contributed by atoms with van der Waals surface area (Å²) in [7, 11) is 1.79. The van der Waals surface area contributed by atoms with E-state index >= 15 is 0 Å². The van der Waals surface area contributed by atoms with Crippen LogP contribution in [-0.4, -0.2) is 369 Å². The molecule has 0 saturated heterocycles. The molecule has 2 unspecified atom stereocenters. The summed E-state index contributed by atoms with van der Waals surface area (Å²) in [4.78, 5) is 0. The minimum Gasteiger partial charge on any atom is -0.394 e. The molecule has 0 amide bonds. The minimum absolute atomic E-state index is 0.000156. The van der Waals surface area contributed by atoms with Crippen molar-refractivity contribution in [1.29, 1.82) is 0 Å². The van der Waals surface area contributed by atoms with E-state index in [1.165, 1.54) is 0 Å². The van der Waals surface area contributed by atoms with Crippen molar-refractivity contribution in [2.75, 3.05) is 238 Å². The normalized spacial score (nSPS) is 13.5.